The van der Waals surface area contributed by atoms with Crippen LogP contribution in [0.5, 0.6) is 0 Å². The maximum absolute atomic E-state index is 9.96. The van der Waals surface area contributed by atoms with Crippen molar-refractivity contribution < 1.29 is 14.9 Å². The largest absolute Gasteiger partial charge is 0.388 e. The highest BCUT2D eigenvalue weighted by Crippen LogP contribution is 2.34. The van der Waals surface area contributed by atoms with Crippen molar-refractivity contribution >= 4 is 16.9 Å². The molecule has 2 fully saturated rings. The molecule has 0 aromatic heterocycles. The standard InChI is InChI=1S/C10H16N2O3S/c1-3-4-5-7(13)8(14)6-9(15-5)16-10(11-2)12-6/h3,5-9,13-14H,1,4H2,2H3,(H,11,12). The third-order valence-corrected chi connectivity index (χ3v) is 3.98. The van der Waals surface area contributed by atoms with Crippen molar-refractivity contribution in [3.8, 4) is 0 Å². The highest BCUT2D eigenvalue weighted by Gasteiger charge is 2.48. The van der Waals surface area contributed by atoms with Crippen molar-refractivity contribution in [3.63, 3.8) is 0 Å². The predicted molar refractivity (Wildman–Crippen MR) is 63.4 cm³/mol. The van der Waals surface area contributed by atoms with Crippen LogP contribution in [0.4, 0.5) is 0 Å². The molecule has 90 valence electrons. The summed E-state index contributed by atoms with van der Waals surface area (Å²) in [6.07, 6.45) is 0.0990. The molecule has 2 aliphatic heterocycles. The number of aliphatic hydroxyl groups is 2. The lowest BCUT2D eigenvalue weighted by Gasteiger charge is -2.38. The number of aliphatic imine (C=N–C) groups is 1. The summed E-state index contributed by atoms with van der Waals surface area (Å²) in [5, 5.41) is 23.6. The van der Waals surface area contributed by atoms with E-state index in [0.717, 1.165) is 5.17 Å². The van der Waals surface area contributed by atoms with Gasteiger partial charge in [-0.15, -0.1) is 6.58 Å². The van der Waals surface area contributed by atoms with Crippen molar-refractivity contribution in [2.75, 3.05) is 7.05 Å². The Kier molecular flexibility index (Phi) is 3.53. The fourth-order valence-electron chi connectivity index (χ4n) is 1.95. The first kappa shape index (κ1) is 11.9. The molecule has 5 atom stereocenters. The molecule has 16 heavy (non-hydrogen) atoms. The third kappa shape index (κ3) is 1.98. The van der Waals surface area contributed by atoms with E-state index in [0.29, 0.717) is 6.42 Å². The summed E-state index contributed by atoms with van der Waals surface area (Å²) in [5.74, 6) is 0. The zero-order chi connectivity index (χ0) is 11.7. The van der Waals surface area contributed by atoms with Gasteiger partial charge in [0, 0.05) is 7.05 Å². The highest BCUT2D eigenvalue weighted by molar-refractivity contribution is 8.14. The molecule has 0 aromatic rings. The predicted octanol–water partition coefficient (Wildman–Crippen LogP) is -0.300. The van der Waals surface area contributed by atoms with E-state index in [1.165, 1.54) is 11.8 Å². The molecular weight excluding hydrogens is 228 g/mol. The fraction of sp³-hybridized carbons (Fsp3) is 0.700. The second kappa shape index (κ2) is 4.75. The number of fused-ring (bicyclic) bond motifs is 1. The molecule has 5 nitrogen and oxygen atoms in total. The van der Waals surface area contributed by atoms with Gasteiger partial charge in [-0.1, -0.05) is 17.8 Å². The van der Waals surface area contributed by atoms with E-state index in [4.69, 9.17) is 4.74 Å². The van der Waals surface area contributed by atoms with Crippen LogP contribution >= 0.6 is 11.8 Å². The molecule has 0 amide bonds. The summed E-state index contributed by atoms with van der Waals surface area (Å²) in [6, 6.07) is -0.292. The van der Waals surface area contributed by atoms with E-state index < -0.39 is 12.2 Å². The molecule has 0 aliphatic carbocycles. The van der Waals surface area contributed by atoms with Gasteiger partial charge in [0.25, 0.3) is 0 Å². The van der Waals surface area contributed by atoms with Crippen molar-refractivity contribution in [1.29, 1.82) is 0 Å². The van der Waals surface area contributed by atoms with Crippen LogP contribution in [0.15, 0.2) is 17.6 Å². The quantitative estimate of drug-likeness (QED) is 0.582. The highest BCUT2D eigenvalue weighted by atomic mass is 32.2. The maximum Gasteiger partial charge on any atom is 0.159 e. The van der Waals surface area contributed by atoms with Gasteiger partial charge in [-0.3, -0.25) is 4.99 Å². The first-order valence-corrected chi connectivity index (χ1v) is 6.07. The Morgan fingerprint density at radius 3 is 2.94 bits per heavy atom. The van der Waals surface area contributed by atoms with Crippen LogP contribution in [0, 0.1) is 0 Å². The molecule has 2 saturated heterocycles. The van der Waals surface area contributed by atoms with Gasteiger partial charge in [0.1, 0.15) is 17.6 Å². The Balaban J connectivity index is 2.11. The second-order valence-corrected chi connectivity index (χ2v) is 4.95. The average molecular weight is 244 g/mol. The summed E-state index contributed by atoms with van der Waals surface area (Å²) in [6.45, 7) is 3.61. The van der Waals surface area contributed by atoms with E-state index in [1.807, 2.05) is 0 Å². The SMILES string of the molecule is C=CCC1OC2SC(=NC)NC2C(O)C1O. The number of amidine groups is 1. The molecule has 5 unspecified atom stereocenters. The smallest absolute Gasteiger partial charge is 0.159 e. The minimum absolute atomic E-state index is 0.193. The van der Waals surface area contributed by atoms with Gasteiger partial charge in [0.15, 0.2) is 5.17 Å². The van der Waals surface area contributed by atoms with E-state index >= 15 is 0 Å². The van der Waals surface area contributed by atoms with E-state index in [2.05, 4.69) is 16.9 Å². The summed E-state index contributed by atoms with van der Waals surface area (Å²) in [4.78, 5) is 4.02. The monoisotopic (exact) mass is 244 g/mol. The van der Waals surface area contributed by atoms with Crippen molar-refractivity contribution in [3.05, 3.63) is 12.7 Å². The minimum atomic E-state index is -0.886. The lowest BCUT2D eigenvalue weighted by atomic mass is 9.96. The summed E-state index contributed by atoms with van der Waals surface area (Å²) in [5.41, 5.74) is -0.193. The van der Waals surface area contributed by atoms with Crippen LogP contribution in [0.25, 0.3) is 0 Å². The van der Waals surface area contributed by atoms with Crippen molar-refractivity contribution in [2.24, 2.45) is 4.99 Å². The van der Waals surface area contributed by atoms with Gasteiger partial charge >= 0.3 is 0 Å². The van der Waals surface area contributed by atoms with Crippen LogP contribution in [0.1, 0.15) is 6.42 Å². The molecule has 0 aromatic carbocycles. The lowest BCUT2D eigenvalue weighted by Crippen LogP contribution is -2.58. The normalized spacial score (nSPS) is 45.2. The molecule has 6 heteroatoms. The summed E-state index contributed by atoms with van der Waals surface area (Å²) < 4.78 is 5.70. The number of hydrogen-bond donors (Lipinski definition) is 3. The van der Waals surface area contributed by atoms with Gasteiger partial charge in [-0.2, -0.15) is 0 Å². The Labute approximate surface area is 98.6 Å². The molecule has 2 heterocycles. The zero-order valence-corrected chi connectivity index (χ0v) is 9.85. The molecule has 0 bridgehead atoms. The van der Waals surface area contributed by atoms with Crippen LogP contribution in [0.2, 0.25) is 0 Å². The molecule has 3 N–H and O–H groups in total. The van der Waals surface area contributed by atoms with E-state index in [-0.39, 0.29) is 17.6 Å². The third-order valence-electron chi connectivity index (χ3n) is 2.82. The number of ether oxygens (including phenoxy) is 1. The molecule has 2 rings (SSSR count). The van der Waals surface area contributed by atoms with Gasteiger partial charge in [0.05, 0.1) is 12.1 Å². The summed E-state index contributed by atoms with van der Waals surface area (Å²) in [7, 11) is 1.68. The molecular formula is C10H16N2O3S. The van der Waals surface area contributed by atoms with E-state index in [9.17, 15) is 10.2 Å². The first-order chi connectivity index (χ1) is 7.67. The Morgan fingerprint density at radius 2 is 2.31 bits per heavy atom. The first-order valence-electron chi connectivity index (χ1n) is 5.20. The number of thioether (sulfide) groups is 1. The van der Waals surface area contributed by atoms with Gasteiger partial charge in [-0.25, -0.2) is 0 Å². The lowest BCUT2D eigenvalue weighted by molar-refractivity contribution is -0.154. The Morgan fingerprint density at radius 1 is 1.56 bits per heavy atom. The Hall–Kier alpha value is -0.560. The molecule has 0 saturated carbocycles. The number of rotatable bonds is 2. The van der Waals surface area contributed by atoms with Gasteiger partial charge in [-0.05, 0) is 6.42 Å². The maximum atomic E-state index is 9.96. The number of nitrogens with zero attached hydrogens (tertiary/aromatic N) is 1. The summed E-state index contributed by atoms with van der Waals surface area (Å²) >= 11 is 1.44. The van der Waals surface area contributed by atoms with Crippen LogP contribution < -0.4 is 5.32 Å². The Bertz CT molecular complexity index is 310. The van der Waals surface area contributed by atoms with Crippen LogP contribution in [-0.2, 0) is 4.74 Å². The van der Waals surface area contributed by atoms with Gasteiger partial charge < -0.3 is 20.3 Å². The fourth-order valence-corrected chi connectivity index (χ4v) is 3.05. The second-order valence-electron chi connectivity index (χ2n) is 3.87. The number of hydrogen-bond acceptors (Lipinski definition) is 5. The van der Waals surface area contributed by atoms with Crippen LogP contribution in [0.3, 0.4) is 0 Å². The number of aliphatic hydroxyl groups excluding tert-OH is 2. The molecule has 2 aliphatic rings. The molecule has 0 radical (unpaired) electrons. The average Bonchev–Trinajstić information content (AvgIpc) is 2.69. The topological polar surface area (TPSA) is 74.1 Å². The number of nitrogens with one attached hydrogen (secondary N) is 1. The van der Waals surface area contributed by atoms with Crippen LogP contribution in [-0.4, -0.2) is 52.2 Å². The van der Waals surface area contributed by atoms with Gasteiger partial charge in [0.2, 0.25) is 0 Å². The van der Waals surface area contributed by atoms with E-state index in [1.54, 1.807) is 13.1 Å². The molecule has 0 spiro atoms. The van der Waals surface area contributed by atoms with Crippen molar-refractivity contribution in [1.82, 2.24) is 5.32 Å². The zero-order valence-electron chi connectivity index (χ0n) is 9.04. The van der Waals surface area contributed by atoms with Crippen molar-refractivity contribution in [2.45, 2.75) is 36.2 Å². The minimum Gasteiger partial charge on any atom is -0.388 e.